The molecule has 1 N–H and O–H groups in total. The zero-order valence-electron chi connectivity index (χ0n) is 19.6. The Kier molecular flexibility index (Phi) is 6.93. The van der Waals surface area contributed by atoms with Gasteiger partial charge in [-0.1, -0.05) is 38.0 Å². The summed E-state index contributed by atoms with van der Waals surface area (Å²) < 4.78 is 1.28. The molecule has 0 bridgehead atoms. The van der Waals surface area contributed by atoms with Gasteiger partial charge >= 0.3 is 0 Å². The number of carbonyl (C=O) groups excluding carboxylic acids is 1. The van der Waals surface area contributed by atoms with E-state index in [9.17, 15) is 4.79 Å². The van der Waals surface area contributed by atoms with Crippen LogP contribution in [0.15, 0.2) is 53.9 Å². The van der Waals surface area contributed by atoms with Crippen molar-refractivity contribution in [1.29, 1.82) is 0 Å². The standard InChI is InChI=1S/C29H34N2OS/c1-2-3-7-21-8-6-9-23(18-21)29(32)30-24-12-14-28-26(19-24)27(20-33-28)22-11-13-25-10-4-5-16-31(25)17-15-22/h6,8-9,12,14-15,18-20,25H,2-5,7,10-11,13,16-17H2,1H3,(H,30,32). The van der Waals surface area contributed by atoms with E-state index in [0.29, 0.717) is 0 Å². The van der Waals surface area contributed by atoms with Crippen LogP contribution in [0.5, 0.6) is 0 Å². The number of aryl methyl sites for hydroxylation is 1. The maximum atomic E-state index is 13.0. The van der Waals surface area contributed by atoms with Gasteiger partial charge in [0.15, 0.2) is 0 Å². The highest BCUT2D eigenvalue weighted by molar-refractivity contribution is 7.17. The van der Waals surface area contributed by atoms with Crippen molar-refractivity contribution in [3.8, 4) is 0 Å². The van der Waals surface area contributed by atoms with Gasteiger partial charge in [0.25, 0.3) is 5.91 Å². The van der Waals surface area contributed by atoms with Crippen LogP contribution < -0.4 is 5.32 Å². The molecule has 0 radical (unpaired) electrons. The minimum atomic E-state index is -0.0324. The molecule has 1 aromatic heterocycles. The molecule has 1 saturated heterocycles. The predicted molar refractivity (Wildman–Crippen MR) is 141 cm³/mol. The van der Waals surface area contributed by atoms with Crippen LogP contribution in [-0.2, 0) is 6.42 Å². The van der Waals surface area contributed by atoms with E-state index >= 15 is 0 Å². The van der Waals surface area contributed by atoms with Crippen LogP contribution in [0.1, 0.15) is 73.4 Å². The smallest absolute Gasteiger partial charge is 0.255 e. The summed E-state index contributed by atoms with van der Waals surface area (Å²) in [4.78, 5) is 15.6. The van der Waals surface area contributed by atoms with Crippen molar-refractivity contribution in [1.82, 2.24) is 4.90 Å². The van der Waals surface area contributed by atoms with Gasteiger partial charge in [0.05, 0.1) is 0 Å². The van der Waals surface area contributed by atoms with E-state index in [1.54, 1.807) is 11.3 Å². The number of benzene rings is 2. The number of nitrogens with one attached hydrogen (secondary N) is 1. The van der Waals surface area contributed by atoms with Gasteiger partial charge in [0, 0.05) is 33.9 Å². The van der Waals surface area contributed by atoms with Gasteiger partial charge in [-0.05, 0) is 97.5 Å². The first kappa shape index (κ1) is 22.4. The summed E-state index contributed by atoms with van der Waals surface area (Å²) >= 11 is 1.81. The van der Waals surface area contributed by atoms with Crippen molar-refractivity contribution >= 4 is 38.6 Å². The molecule has 4 heteroatoms. The van der Waals surface area contributed by atoms with E-state index < -0.39 is 0 Å². The molecule has 3 aromatic rings. The Morgan fingerprint density at radius 2 is 2.09 bits per heavy atom. The molecule has 5 rings (SSSR count). The second-order valence-corrected chi connectivity index (χ2v) is 10.4. The highest BCUT2D eigenvalue weighted by Crippen LogP contribution is 2.37. The van der Waals surface area contributed by atoms with Gasteiger partial charge in [0.1, 0.15) is 0 Å². The zero-order valence-corrected chi connectivity index (χ0v) is 20.4. The minimum Gasteiger partial charge on any atom is -0.322 e. The molecule has 1 amide bonds. The molecule has 0 spiro atoms. The van der Waals surface area contributed by atoms with Crippen LogP contribution in [0.3, 0.4) is 0 Å². The number of unbranched alkanes of at least 4 members (excludes halogenated alkanes) is 1. The SMILES string of the molecule is CCCCc1cccc(C(=O)Nc2ccc3scc(C4=CCN5CCCCC5CC4)c3c2)c1. The molecule has 1 unspecified atom stereocenters. The second kappa shape index (κ2) is 10.2. The second-order valence-electron chi connectivity index (χ2n) is 9.53. The highest BCUT2D eigenvalue weighted by atomic mass is 32.1. The summed E-state index contributed by atoms with van der Waals surface area (Å²) in [7, 11) is 0. The van der Waals surface area contributed by atoms with Gasteiger partial charge in [-0.2, -0.15) is 0 Å². The fourth-order valence-electron chi connectivity index (χ4n) is 5.33. The normalized spacial score (nSPS) is 19.1. The number of allylic oxidation sites excluding steroid dienone is 1. The summed E-state index contributed by atoms with van der Waals surface area (Å²) in [6.45, 7) is 4.51. The summed E-state index contributed by atoms with van der Waals surface area (Å²) in [5, 5.41) is 6.72. The molecule has 0 aliphatic carbocycles. The number of piperidine rings is 1. The number of hydrogen-bond acceptors (Lipinski definition) is 3. The number of fused-ring (bicyclic) bond motifs is 2. The maximum absolute atomic E-state index is 13.0. The number of anilines is 1. The third-order valence-corrected chi connectivity index (χ3v) is 8.22. The Hall–Kier alpha value is -2.43. The van der Waals surface area contributed by atoms with Crippen LogP contribution in [-0.4, -0.2) is 29.9 Å². The fraction of sp³-hybridized carbons (Fsp3) is 0.414. The molecule has 1 fully saturated rings. The van der Waals surface area contributed by atoms with Gasteiger partial charge in [-0.15, -0.1) is 11.3 Å². The number of carbonyl (C=O) groups is 1. The molecule has 0 saturated carbocycles. The van der Waals surface area contributed by atoms with Crippen molar-refractivity contribution in [3.05, 3.63) is 70.6 Å². The Morgan fingerprint density at radius 3 is 3.00 bits per heavy atom. The van der Waals surface area contributed by atoms with Crippen molar-refractivity contribution < 1.29 is 4.79 Å². The molecule has 3 nitrogen and oxygen atoms in total. The number of thiophene rings is 1. The minimum absolute atomic E-state index is 0.0324. The first-order valence-corrected chi connectivity index (χ1v) is 13.4. The van der Waals surface area contributed by atoms with E-state index in [2.05, 4.69) is 46.8 Å². The van der Waals surface area contributed by atoms with Gasteiger partial charge in [-0.25, -0.2) is 0 Å². The summed E-state index contributed by atoms with van der Waals surface area (Å²) in [6.07, 6.45) is 12.3. The van der Waals surface area contributed by atoms with E-state index in [1.807, 2.05) is 24.3 Å². The molecule has 33 heavy (non-hydrogen) atoms. The Labute approximate surface area is 201 Å². The van der Waals surface area contributed by atoms with Crippen LogP contribution >= 0.6 is 11.3 Å². The van der Waals surface area contributed by atoms with Crippen molar-refractivity contribution in [2.75, 3.05) is 18.4 Å². The number of amides is 1. The van der Waals surface area contributed by atoms with Crippen molar-refractivity contribution in [2.24, 2.45) is 0 Å². The van der Waals surface area contributed by atoms with Crippen molar-refractivity contribution in [2.45, 2.75) is 64.3 Å². The first-order valence-electron chi connectivity index (χ1n) is 12.6. The fourth-order valence-corrected chi connectivity index (χ4v) is 6.30. The average molecular weight is 459 g/mol. The molecule has 2 aliphatic rings. The van der Waals surface area contributed by atoms with E-state index in [1.165, 1.54) is 59.0 Å². The Morgan fingerprint density at radius 1 is 1.15 bits per heavy atom. The molecular formula is C29H34N2OS. The maximum Gasteiger partial charge on any atom is 0.255 e. The summed E-state index contributed by atoms with van der Waals surface area (Å²) in [6, 6.07) is 15.1. The topological polar surface area (TPSA) is 32.3 Å². The van der Waals surface area contributed by atoms with Crippen LogP contribution in [0.25, 0.3) is 15.7 Å². The number of hydrogen-bond donors (Lipinski definition) is 1. The lowest BCUT2D eigenvalue weighted by molar-refractivity contribution is 0.102. The van der Waals surface area contributed by atoms with Crippen LogP contribution in [0, 0.1) is 0 Å². The van der Waals surface area contributed by atoms with E-state index in [4.69, 9.17) is 0 Å². The number of rotatable bonds is 6. The quantitative estimate of drug-likeness (QED) is 0.414. The monoisotopic (exact) mass is 458 g/mol. The zero-order chi connectivity index (χ0) is 22.6. The third-order valence-electron chi connectivity index (χ3n) is 7.25. The van der Waals surface area contributed by atoms with Crippen LogP contribution in [0.4, 0.5) is 5.69 Å². The summed E-state index contributed by atoms with van der Waals surface area (Å²) in [5.74, 6) is -0.0324. The largest absolute Gasteiger partial charge is 0.322 e. The molecule has 2 aromatic carbocycles. The first-order chi connectivity index (χ1) is 16.2. The Balaban J connectivity index is 1.35. The average Bonchev–Trinajstić information content (AvgIpc) is 3.14. The molecule has 1 atom stereocenters. The molecule has 172 valence electrons. The lowest BCUT2D eigenvalue weighted by atomic mass is 9.95. The molecule has 2 aliphatic heterocycles. The van der Waals surface area contributed by atoms with Crippen LogP contribution in [0.2, 0.25) is 0 Å². The van der Waals surface area contributed by atoms with E-state index in [-0.39, 0.29) is 5.91 Å². The summed E-state index contributed by atoms with van der Waals surface area (Å²) in [5.41, 5.74) is 5.67. The van der Waals surface area contributed by atoms with Crippen molar-refractivity contribution in [3.63, 3.8) is 0 Å². The van der Waals surface area contributed by atoms with E-state index in [0.717, 1.165) is 49.5 Å². The Bertz CT molecular complexity index is 1160. The van der Waals surface area contributed by atoms with Gasteiger partial charge < -0.3 is 5.32 Å². The predicted octanol–water partition coefficient (Wildman–Crippen LogP) is 7.53. The van der Waals surface area contributed by atoms with Gasteiger partial charge in [-0.3, -0.25) is 9.69 Å². The highest BCUT2D eigenvalue weighted by Gasteiger charge is 2.24. The third kappa shape index (κ3) is 5.07. The lowest BCUT2D eigenvalue weighted by Crippen LogP contribution is -2.38. The molecule has 3 heterocycles. The van der Waals surface area contributed by atoms with Gasteiger partial charge in [0.2, 0.25) is 0 Å². The lowest BCUT2D eigenvalue weighted by Gasteiger charge is -2.33. The number of nitrogens with zero attached hydrogens (tertiary/aromatic N) is 1. The molecular weight excluding hydrogens is 424 g/mol.